The number of benzene rings is 1. The van der Waals surface area contributed by atoms with Crippen molar-refractivity contribution in [1.82, 2.24) is 15.4 Å². The Hall–Kier alpha value is -1.86. The number of halogens is 3. The number of nitrogens with two attached hydrogens (primary N) is 1. The van der Waals surface area contributed by atoms with Gasteiger partial charge in [0.2, 0.25) is 0 Å². The molecule has 0 aliphatic heterocycles. The van der Waals surface area contributed by atoms with E-state index in [1.165, 1.54) is 0 Å². The summed E-state index contributed by atoms with van der Waals surface area (Å²) >= 11 is 0. The first-order valence-electron chi connectivity index (χ1n) is 5.16. The highest BCUT2D eigenvalue weighted by molar-refractivity contribution is 5.55. The average molecular weight is 256 g/mol. The summed E-state index contributed by atoms with van der Waals surface area (Å²) in [6.45, 7) is 0.492. The van der Waals surface area contributed by atoms with E-state index >= 15 is 0 Å². The summed E-state index contributed by atoms with van der Waals surface area (Å²) in [4.78, 5) is 6.02. The third-order valence-electron chi connectivity index (χ3n) is 2.40. The number of imidazole rings is 1. The molecule has 7 heteroatoms. The van der Waals surface area contributed by atoms with E-state index in [1.54, 1.807) is 24.3 Å². The summed E-state index contributed by atoms with van der Waals surface area (Å²) in [6, 6.07) is 6.91. The molecule has 0 spiro atoms. The molecule has 4 N–H and O–H groups in total. The minimum atomic E-state index is -4.43. The zero-order valence-corrected chi connectivity index (χ0v) is 9.25. The second-order valence-corrected chi connectivity index (χ2v) is 3.71. The van der Waals surface area contributed by atoms with Crippen LogP contribution in [-0.2, 0) is 12.7 Å². The Morgan fingerprint density at radius 1 is 1.22 bits per heavy atom. The van der Waals surface area contributed by atoms with E-state index in [1.807, 2.05) is 0 Å². The van der Waals surface area contributed by atoms with E-state index in [4.69, 9.17) is 5.84 Å². The maximum Gasteiger partial charge on any atom is 0.434 e. The molecule has 0 amide bonds. The van der Waals surface area contributed by atoms with Gasteiger partial charge in [0.25, 0.3) is 0 Å². The third kappa shape index (κ3) is 2.69. The van der Waals surface area contributed by atoms with Gasteiger partial charge in [-0.2, -0.15) is 13.2 Å². The fraction of sp³-hybridized carbons (Fsp3) is 0.182. The van der Waals surface area contributed by atoms with Crippen molar-refractivity contribution in [3.63, 3.8) is 0 Å². The molecule has 18 heavy (non-hydrogen) atoms. The Morgan fingerprint density at radius 3 is 2.39 bits per heavy atom. The highest BCUT2D eigenvalue weighted by atomic mass is 19.4. The number of hydrogen-bond acceptors (Lipinski definition) is 3. The first-order chi connectivity index (χ1) is 8.50. The number of rotatable bonds is 3. The van der Waals surface area contributed by atoms with E-state index in [0.717, 1.165) is 11.8 Å². The average Bonchev–Trinajstić information content (AvgIpc) is 2.79. The van der Waals surface area contributed by atoms with Crippen molar-refractivity contribution in [3.8, 4) is 11.4 Å². The SMILES string of the molecule is NNCc1ccc(-c2nc(C(F)(F)F)c[nH]2)cc1. The summed E-state index contributed by atoms with van der Waals surface area (Å²) < 4.78 is 37.1. The summed E-state index contributed by atoms with van der Waals surface area (Å²) in [5, 5.41) is 0. The molecule has 1 aromatic carbocycles. The first-order valence-corrected chi connectivity index (χ1v) is 5.16. The zero-order valence-electron chi connectivity index (χ0n) is 9.25. The van der Waals surface area contributed by atoms with Crippen LogP contribution in [0.15, 0.2) is 30.5 Å². The van der Waals surface area contributed by atoms with Crippen LogP contribution in [0.4, 0.5) is 13.2 Å². The molecule has 2 aromatic rings. The minimum absolute atomic E-state index is 0.189. The number of hydrogen-bond donors (Lipinski definition) is 3. The van der Waals surface area contributed by atoms with E-state index < -0.39 is 11.9 Å². The lowest BCUT2D eigenvalue weighted by molar-refractivity contribution is -0.140. The molecule has 0 bridgehead atoms. The molecule has 0 radical (unpaired) electrons. The molecular weight excluding hydrogens is 245 g/mol. The van der Waals surface area contributed by atoms with Crippen LogP contribution in [0.1, 0.15) is 11.3 Å². The topological polar surface area (TPSA) is 66.7 Å². The van der Waals surface area contributed by atoms with Crippen molar-refractivity contribution >= 4 is 0 Å². The lowest BCUT2D eigenvalue weighted by Gasteiger charge is -2.02. The van der Waals surface area contributed by atoms with Crippen LogP contribution in [0.5, 0.6) is 0 Å². The van der Waals surface area contributed by atoms with Crippen molar-refractivity contribution in [2.24, 2.45) is 5.84 Å². The molecule has 0 saturated carbocycles. The lowest BCUT2D eigenvalue weighted by atomic mass is 10.1. The van der Waals surface area contributed by atoms with E-state index in [9.17, 15) is 13.2 Å². The molecule has 96 valence electrons. The Kier molecular flexibility index (Phi) is 3.35. The second kappa shape index (κ2) is 4.79. The maximum atomic E-state index is 12.4. The Labute approximate surface area is 101 Å². The fourth-order valence-electron chi connectivity index (χ4n) is 1.51. The fourth-order valence-corrected chi connectivity index (χ4v) is 1.51. The van der Waals surface area contributed by atoms with Gasteiger partial charge >= 0.3 is 6.18 Å². The van der Waals surface area contributed by atoms with Crippen LogP contribution in [0.25, 0.3) is 11.4 Å². The van der Waals surface area contributed by atoms with Gasteiger partial charge in [0, 0.05) is 18.3 Å². The summed E-state index contributed by atoms with van der Waals surface area (Å²) in [5.74, 6) is 5.36. The highest BCUT2D eigenvalue weighted by Crippen LogP contribution is 2.29. The predicted molar refractivity (Wildman–Crippen MR) is 60.1 cm³/mol. The quantitative estimate of drug-likeness (QED) is 0.581. The van der Waals surface area contributed by atoms with Crippen LogP contribution in [0.3, 0.4) is 0 Å². The number of nitrogens with zero attached hydrogens (tertiary/aromatic N) is 1. The third-order valence-corrected chi connectivity index (χ3v) is 2.40. The van der Waals surface area contributed by atoms with Crippen molar-refractivity contribution < 1.29 is 13.2 Å². The summed E-state index contributed by atoms with van der Waals surface area (Å²) in [6.07, 6.45) is -3.58. The van der Waals surface area contributed by atoms with Crippen LogP contribution >= 0.6 is 0 Å². The van der Waals surface area contributed by atoms with Gasteiger partial charge in [0.1, 0.15) is 5.82 Å². The van der Waals surface area contributed by atoms with Crippen LogP contribution in [0, 0.1) is 0 Å². The second-order valence-electron chi connectivity index (χ2n) is 3.71. The highest BCUT2D eigenvalue weighted by Gasteiger charge is 2.33. The largest absolute Gasteiger partial charge is 0.434 e. The monoisotopic (exact) mass is 256 g/mol. The predicted octanol–water partition coefficient (Wildman–Crippen LogP) is 2.06. The maximum absolute atomic E-state index is 12.4. The van der Waals surface area contributed by atoms with Gasteiger partial charge in [-0.25, -0.2) is 4.98 Å². The molecule has 0 fully saturated rings. The number of hydrazine groups is 1. The zero-order chi connectivity index (χ0) is 13.2. The van der Waals surface area contributed by atoms with Crippen molar-refractivity contribution in [1.29, 1.82) is 0 Å². The molecule has 0 atom stereocenters. The Morgan fingerprint density at radius 2 is 1.89 bits per heavy atom. The Bertz CT molecular complexity index is 516. The standard InChI is InChI=1S/C11H11F3N4/c12-11(13,14)9-6-16-10(18-9)8-3-1-7(2-4-8)5-17-15/h1-4,6,17H,5,15H2,(H,16,18). The molecule has 1 heterocycles. The van der Waals surface area contributed by atoms with E-state index in [-0.39, 0.29) is 5.82 Å². The van der Waals surface area contributed by atoms with Crippen molar-refractivity contribution in [2.45, 2.75) is 12.7 Å². The summed E-state index contributed by atoms with van der Waals surface area (Å²) in [5.41, 5.74) is 3.09. The number of alkyl halides is 3. The van der Waals surface area contributed by atoms with Gasteiger partial charge in [-0.15, -0.1) is 0 Å². The molecule has 0 saturated heterocycles. The van der Waals surface area contributed by atoms with Gasteiger partial charge in [0.05, 0.1) is 0 Å². The number of aromatic nitrogens is 2. The van der Waals surface area contributed by atoms with Gasteiger partial charge in [-0.3, -0.25) is 11.3 Å². The van der Waals surface area contributed by atoms with E-state index in [2.05, 4.69) is 15.4 Å². The van der Waals surface area contributed by atoms with Crippen LogP contribution in [-0.4, -0.2) is 9.97 Å². The first kappa shape index (κ1) is 12.6. The molecule has 4 nitrogen and oxygen atoms in total. The van der Waals surface area contributed by atoms with Gasteiger partial charge in [-0.05, 0) is 5.56 Å². The number of aromatic amines is 1. The van der Waals surface area contributed by atoms with Crippen molar-refractivity contribution in [2.75, 3.05) is 0 Å². The normalized spacial score (nSPS) is 11.8. The number of nitrogens with one attached hydrogen (secondary N) is 2. The van der Waals surface area contributed by atoms with Gasteiger partial charge in [-0.1, -0.05) is 24.3 Å². The number of H-pyrrole nitrogens is 1. The molecule has 0 aliphatic rings. The molecule has 0 aliphatic carbocycles. The van der Waals surface area contributed by atoms with Crippen molar-refractivity contribution in [3.05, 3.63) is 41.7 Å². The van der Waals surface area contributed by atoms with E-state index in [0.29, 0.717) is 12.1 Å². The minimum Gasteiger partial charge on any atom is -0.344 e. The van der Waals surface area contributed by atoms with Gasteiger partial charge < -0.3 is 4.98 Å². The van der Waals surface area contributed by atoms with Crippen LogP contribution in [0.2, 0.25) is 0 Å². The molecular formula is C11H11F3N4. The van der Waals surface area contributed by atoms with Gasteiger partial charge in [0.15, 0.2) is 5.69 Å². The molecule has 0 unspecified atom stereocenters. The lowest BCUT2D eigenvalue weighted by Crippen LogP contribution is -2.20. The Balaban J connectivity index is 2.23. The summed E-state index contributed by atoms with van der Waals surface area (Å²) in [7, 11) is 0. The van der Waals surface area contributed by atoms with Crippen LogP contribution < -0.4 is 11.3 Å². The molecule has 1 aromatic heterocycles. The molecule has 2 rings (SSSR count). The smallest absolute Gasteiger partial charge is 0.344 e.